The average Bonchev–Trinajstić information content (AvgIpc) is 3.00. The van der Waals surface area contributed by atoms with E-state index < -0.39 is 0 Å². The number of amides is 1. The summed E-state index contributed by atoms with van der Waals surface area (Å²) >= 11 is 0. The Morgan fingerprint density at radius 3 is 2.75 bits per heavy atom. The van der Waals surface area contributed by atoms with Crippen molar-refractivity contribution in [1.29, 1.82) is 0 Å². The first-order chi connectivity index (χ1) is 13.6. The van der Waals surface area contributed by atoms with Crippen molar-refractivity contribution in [3.05, 3.63) is 65.9 Å². The number of anilines is 1. The normalized spacial score (nSPS) is 18.4. The van der Waals surface area contributed by atoms with E-state index in [1.807, 2.05) is 57.3 Å². The molecule has 0 bridgehead atoms. The van der Waals surface area contributed by atoms with Gasteiger partial charge in [-0.05, 0) is 46.2 Å². The fraction of sp³-hybridized carbons (Fsp3) is 0.348. The van der Waals surface area contributed by atoms with Crippen molar-refractivity contribution in [2.24, 2.45) is 16.0 Å². The minimum atomic E-state index is -0.278. The van der Waals surface area contributed by atoms with Crippen LogP contribution >= 0.6 is 0 Å². The zero-order chi connectivity index (χ0) is 20.4. The molecule has 5 nitrogen and oxygen atoms in total. The zero-order valence-electron chi connectivity index (χ0n) is 17.2. The Bertz CT molecular complexity index is 803. The van der Waals surface area contributed by atoms with Gasteiger partial charge in [-0.1, -0.05) is 48.1 Å². The van der Waals surface area contributed by atoms with Crippen LogP contribution in [0.4, 0.5) is 5.69 Å². The summed E-state index contributed by atoms with van der Waals surface area (Å²) in [7, 11) is 0. The fourth-order valence-corrected chi connectivity index (χ4v) is 2.72. The standard InChI is InChI=1S/C23H30N4O/c1-5-18(3)12-10-11-13-20(16-24-6-2)25-17-22-19(4)26-27(23(22)28)21-14-8-7-9-15-21/h5,7-10,12-16,22,25H,6,11,17H2,1-4H3/b12-10-,18-5+,20-13+,24-16?. The van der Waals surface area contributed by atoms with E-state index in [1.165, 1.54) is 10.6 Å². The molecule has 1 atom stereocenters. The fourth-order valence-electron chi connectivity index (χ4n) is 2.72. The molecule has 0 aliphatic carbocycles. The molecule has 0 radical (unpaired) electrons. The maximum atomic E-state index is 12.8. The van der Waals surface area contributed by atoms with Gasteiger partial charge < -0.3 is 5.32 Å². The Kier molecular flexibility index (Phi) is 8.40. The molecular weight excluding hydrogens is 348 g/mol. The number of hydrogen-bond donors (Lipinski definition) is 1. The number of nitrogens with one attached hydrogen (secondary N) is 1. The Morgan fingerprint density at radius 2 is 2.07 bits per heavy atom. The van der Waals surface area contributed by atoms with Gasteiger partial charge in [-0.3, -0.25) is 9.79 Å². The van der Waals surface area contributed by atoms with E-state index in [0.29, 0.717) is 6.54 Å². The van der Waals surface area contributed by atoms with Crippen LogP contribution in [-0.4, -0.2) is 30.9 Å². The number of benzene rings is 1. The first-order valence-corrected chi connectivity index (χ1v) is 9.74. The third-order valence-corrected chi connectivity index (χ3v) is 4.50. The van der Waals surface area contributed by atoms with Crippen molar-refractivity contribution in [1.82, 2.24) is 5.32 Å². The Hall–Kier alpha value is -2.95. The highest BCUT2D eigenvalue weighted by molar-refractivity contribution is 6.15. The second kappa shape index (κ2) is 11.0. The van der Waals surface area contributed by atoms with Crippen LogP contribution in [0.3, 0.4) is 0 Å². The summed E-state index contributed by atoms with van der Waals surface area (Å²) in [5.41, 5.74) is 3.76. The molecule has 2 rings (SSSR count). The van der Waals surface area contributed by atoms with Crippen LogP contribution in [0.15, 0.2) is 76.0 Å². The number of rotatable bonds is 9. The molecule has 1 heterocycles. The van der Waals surface area contributed by atoms with Crippen LogP contribution in [0.2, 0.25) is 0 Å². The highest BCUT2D eigenvalue weighted by Crippen LogP contribution is 2.23. The number of carbonyl (C=O) groups is 1. The highest BCUT2D eigenvalue weighted by atomic mass is 16.2. The van der Waals surface area contributed by atoms with Gasteiger partial charge in [0.1, 0.15) is 0 Å². The second-order valence-electron chi connectivity index (χ2n) is 6.62. The van der Waals surface area contributed by atoms with Gasteiger partial charge in [-0.15, -0.1) is 0 Å². The lowest BCUT2D eigenvalue weighted by molar-refractivity contribution is -0.119. The number of hydrogen-bond acceptors (Lipinski definition) is 4. The van der Waals surface area contributed by atoms with Gasteiger partial charge in [0.05, 0.1) is 17.3 Å². The minimum absolute atomic E-state index is 0.00779. The van der Waals surface area contributed by atoms with Crippen LogP contribution in [0.25, 0.3) is 0 Å². The summed E-state index contributed by atoms with van der Waals surface area (Å²) in [6.45, 7) is 9.22. The molecule has 1 amide bonds. The van der Waals surface area contributed by atoms with Crippen molar-refractivity contribution in [3.8, 4) is 0 Å². The molecule has 28 heavy (non-hydrogen) atoms. The number of nitrogens with zero attached hydrogens (tertiary/aromatic N) is 3. The van der Waals surface area contributed by atoms with Gasteiger partial charge in [0.15, 0.2) is 0 Å². The SMILES string of the molecule is C/C=C(C)/C=C\C/C=C(\C=NCC)NCC1C(=O)N(c2ccccc2)N=C1C. The quantitative estimate of drug-likeness (QED) is 0.508. The predicted molar refractivity (Wildman–Crippen MR) is 119 cm³/mol. The van der Waals surface area contributed by atoms with E-state index in [1.54, 1.807) is 0 Å². The summed E-state index contributed by atoms with van der Waals surface area (Å²) in [4.78, 5) is 17.1. The number of aliphatic imine (C=N–C) groups is 1. The maximum Gasteiger partial charge on any atom is 0.258 e. The van der Waals surface area contributed by atoms with Crippen molar-refractivity contribution in [2.45, 2.75) is 34.1 Å². The molecule has 0 saturated carbocycles. The van der Waals surface area contributed by atoms with E-state index in [-0.39, 0.29) is 11.8 Å². The molecule has 0 saturated heterocycles. The van der Waals surface area contributed by atoms with E-state index >= 15 is 0 Å². The maximum absolute atomic E-state index is 12.8. The molecule has 1 aliphatic rings. The van der Waals surface area contributed by atoms with E-state index in [2.05, 4.69) is 46.6 Å². The Morgan fingerprint density at radius 1 is 1.32 bits per heavy atom. The average molecular weight is 379 g/mol. The van der Waals surface area contributed by atoms with Crippen LogP contribution in [0, 0.1) is 5.92 Å². The molecule has 1 aromatic rings. The number of para-hydroxylation sites is 1. The van der Waals surface area contributed by atoms with Gasteiger partial charge >= 0.3 is 0 Å². The van der Waals surface area contributed by atoms with Gasteiger partial charge in [-0.2, -0.15) is 5.10 Å². The van der Waals surface area contributed by atoms with E-state index in [0.717, 1.165) is 30.1 Å². The number of allylic oxidation sites excluding steroid dienone is 6. The Labute approximate surface area is 168 Å². The van der Waals surface area contributed by atoms with Crippen molar-refractivity contribution in [3.63, 3.8) is 0 Å². The van der Waals surface area contributed by atoms with Crippen molar-refractivity contribution in [2.75, 3.05) is 18.1 Å². The summed E-state index contributed by atoms with van der Waals surface area (Å²) < 4.78 is 0. The molecule has 1 aromatic carbocycles. The minimum Gasteiger partial charge on any atom is -0.383 e. The molecule has 5 heteroatoms. The summed E-state index contributed by atoms with van der Waals surface area (Å²) in [5.74, 6) is -0.286. The number of carbonyl (C=O) groups excluding carboxylic acids is 1. The molecular formula is C23H30N4O. The first-order valence-electron chi connectivity index (χ1n) is 9.74. The molecule has 1 N–H and O–H groups in total. The van der Waals surface area contributed by atoms with Crippen LogP contribution in [0.1, 0.15) is 34.1 Å². The van der Waals surface area contributed by atoms with Crippen LogP contribution < -0.4 is 10.3 Å². The smallest absolute Gasteiger partial charge is 0.258 e. The van der Waals surface area contributed by atoms with E-state index in [9.17, 15) is 4.79 Å². The zero-order valence-corrected chi connectivity index (χ0v) is 17.2. The summed E-state index contributed by atoms with van der Waals surface area (Å²) in [5, 5.41) is 9.32. The molecule has 0 fully saturated rings. The number of hydrazone groups is 1. The molecule has 0 aromatic heterocycles. The van der Waals surface area contributed by atoms with Gasteiger partial charge in [-0.25, -0.2) is 5.01 Å². The molecule has 1 unspecified atom stereocenters. The largest absolute Gasteiger partial charge is 0.383 e. The van der Waals surface area contributed by atoms with Crippen molar-refractivity contribution >= 4 is 23.5 Å². The Balaban J connectivity index is 2.02. The lowest BCUT2D eigenvalue weighted by Gasteiger charge is -2.15. The third-order valence-electron chi connectivity index (χ3n) is 4.50. The second-order valence-corrected chi connectivity index (χ2v) is 6.62. The van der Waals surface area contributed by atoms with Crippen LogP contribution in [0.5, 0.6) is 0 Å². The van der Waals surface area contributed by atoms with Gasteiger partial charge in [0, 0.05) is 25.0 Å². The monoisotopic (exact) mass is 378 g/mol. The molecule has 1 aliphatic heterocycles. The molecule has 148 valence electrons. The summed E-state index contributed by atoms with van der Waals surface area (Å²) in [6.07, 6.45) is 11.0. The highest BCUT2D eigenvalue weighted by Gasteiger charge is 2.34. The first kappa shape index (κ1) is 21.4. The van der Waals surface area contributed by atoms with E-state index in [4.69, 9.17) is 0 Å². The topological polar surface area (TPSA) is 57.1 Å². The van der Waals surface area contributed by atoms with Crippen LogP contribution in [-0.2, 0) is 4.79 Å². The van der Waals surface area contributed by atoms with Gasteiger partial charge in [0.2, 0.25) is 0 Å². The lowest BCUT2D eigenvalue weighted by atomic mass is 10.0. The predicted octanol–water partition coefficient (Wildman–Crippen LogP) is 4.50. The lowest BCUT2D eigenvalue weighted by Crippen LogP contribution is -2.34. The van der Waals surface area contributed by atoms with Crippen molar-refractivity contribution < 1.29 is 4.79 Å². The molecule has 0 spiro atoms. The third kappa shape index (κ3) is 6.05. The summed E-state index contributed by atoms with van der Waals surface area (Å²) in [6, 6.07) is 9.52. The van der Waals surface area contributed by atoms with Gasteiger partial charge in [0.25, 0.3) is 5.91 Å².